The van der Waals surface area contributed by atoms with Gasteiger partial charge in [-0.15, -0.1) is 6.58 Å². The van der Waals surface area contributed by atoms with Gasteiger partial charge in [-0.3, -0.25) is 0 Å². The molecule has 1 unspecified atom stereocenters. The molecule has 0 radical (unpaired) electrons. The second-order valence-corrected chi connectivity index (χ2v) is 8.96. The highest BCUT2D eigenvalue weighted by Crippen LogP contribution is 2.24. The van der Waals surface area contributed by atoms with Crippen molar-refractivity contribution < 1.29 is 9.22 Å². The number of hydrogen-bond donors (Lipinski definition) is 0. The van der Waals surface area contributed by atoms with Crippen molar-refractivity contribution in [1.29, 1.82) is 0 Å². The van der Waals surface area contributed by atoms with Gasteiger partial charge in [0.15, 0.2) is 8.32 Å². The van der Waals surface area contributed by atoms with Crippen LogP contribution in [-0.4, -0.2) is 20.2 Å². The van der Waals surface area contributed by atoms with Crippen molar-refractivity contribution in [3.63, 3.8) is 0 Å². The van der Waals surface area contributed by atoms with Crippen molar-refractivity contribution in [2.45, 2.75) is 45.0 Å². The lowest BCUT2D eigenvalue weighted by atomic mass is 9.99. The normalized spacial score (nSPS) is 16.3. The number of hydrogen-bond acceptors (Lipinski definition) is 2. The molecule has 0 rings (SSSR count). The Hall–Kier alpha value is -0.413. The summed E-state index contributed by atoms with van der Waals surface area (Å²) >= 11 is 0. The summed E-state index contributed by atoms with van der Waals surface area (Å²) in [5.41, 5.74) is -0.339. The van der Waals surface area contributed by atoms with Gasteiger partial charge in [-0.1, -0.05) is 6.08 Å². The number of rotatable bonds is 6. The molecule has 0 N–H and O–H groups in total. The summed E-state index contributed by atoms with van der Waals surface area (Å²) in [5.74, 6) is 0. The van der Waals surface area contributed by atoms with E-state index in [1.165, 1.54) is 0 Å². The molecule has 0 aromatic heterocycles. The fourth-order valence-electron chi connectivity index (χ4n) is 1.39. The van der Waals surface area contributed by atoms with E-state index in [9.17, 15) is 4.79 Å². The van der Waals surface area contributed by atoms with Gasteiger partial charge in [-0.2, -0.15) is 0 Å². The smallest absolute Gasteiger partial charge is 0.184 e. The van der Waals surface area contributed by atoms with Gasteiger partial charge in [0.25, 0.3) is 0 Å². The maximum absolute atomic E-state index is 10.5. The van der Waals surface area contributed by atoms with E-state index in [0.717, 1.165) is 12.7 Å². The van der Waals surface area contributed by atoms with Crippen molar-refractivity contribution in [2.75, 3.05) is 0 Å². The summed E-state index contributed by atoms with van der Waals surface area (Å²) < 4.78 is 5.94. The van der Waals surface area contributed by atoms with E-state index < -0.39 is 8.32 Å². The standard InChI is InChI=1S/C10H20O2Si/c1-6-7-10(2,8-9-11)12-13(3,4)5/h6,9H,1,7-8H2,2-5H3. The lowest BCUT2D eigenvalue weighted by molar-refractivity contribution is -0.111. The second kappa shape index (κ2) is 4.72. The number of carbonyl (C=O) groups excluding carboxylic acids is 1. The van der Waals surface area contributed by atoms with E-state index in [1.54, 1.807) is 0 Å². The highest BCUT2D eigenvalue weighted by Gasteiger charge is 2.29. The lowest BCUT2D eigenvalue weighted by Gasteiger charge is -2.34. The molecule has 3 heteroatoms. The minimum atomic E-state index is -1.57. The summed E-state index contributed by atoms with van der Waals surface area (Å²) in [6, 6.07) is 0. The van der Waals surface area contributed by atoms with Crippen molar-refractivity contribution >= 4 is 14.6 Å². The molecule has 0 aliphatic rings. The summed E-state index contributed by atoms with van der Waals surface area (Å²) in [7, 11) is -1.57. The molecular weight excluding hydrogens is 180 g/mol. The van der Waals surface area contributed by atoms with E-state index in [1.807, 2.05) is 13.0 Å². The minimum absolute atomic E-state index is 0.339. The molecule has 0 bridgehead atoms. The van der Waals surface area contributed by atoms with Crippen LogP contribution in [0.2, 0.25) is 19.6 Å². The third kappa shape index (κ3) is 5.77. The number of carbonyl (C=O) groups is 1. The molecule has 0 aromatic carbocycles. The molecule has 0 saturated heterocycles. The summed E-state index contributed by atoms with van der Waals surface area (Å²) in [6.45, 7) is 12.0. The van der Waals surface area contributed by atoms with Crippen LogP contribution in [0, 0.1) is 0 Å². The fraction of sp³-hybridized carbons (Fsp3) is 0.700. The maximum atomic E-state index is 10.5. The largest absolute Gasteiger partial charge is 0.412 e. The predicted octanol–water partition coefficient (Wildman–Crippen LogP) is 2.76. The average molecular weight is 200 g/mol. The molecule has 0 aliphatic carbocycles. The Kier molecular flexibility index (Phi) is 4.57. The molecule has 0 aliphatic heterocycles. The van der Waals surface area contributed by atoms with Crippen molar-refractivity contribution in [2.24, 2.45) is 0 Å². The Labute approximate surface area is 82.1 Å². The molecule has 0 fully saturated rings. The molecule has 0 aromatic rings. The van der Waals surface area contributed by atoms with Gasteiger partial charge in [-0.05, 0) is 33.0 Å². The quantitative estimate of drug-likeness (QED) is 0.374. The van der Waals surface area contributed by atoms with Crippen LogP contribution >= 0.6 is 0 Å². The van der Waals surface area contributed by atoms with Gasteiger partial charge < -0.3 is 9.22 Å². The Morgan fingerprint density at radius 2 is 1.92 bits per heavy atom. The van der Waals surface area contributed by atoms with Crippen molar-refractivity contribution in [3.8, 4) is 0 Å². The van der Waals surface area contributed by atoms with E-state index in [2.05, 4.69) is 26.2 Å². The van der Waals surface area contributed by atoms with Crippen LogP contribution in [0.3, 0.4) is 0 Å². The third-order valence-corrected chi connectivity index (χ3v) is 2.75. The number of aldehydes is 1. The van der Waals surface area contributed by atoms with E-state index >= 15 is 0 Å². The zero-order valence-corrected chi connectivity index (χ0v) is 10.1. The van der Waals surface area contributed by atoms with Crippen LogP contribution in [-0.2, 0) is 9.22 Å². The van der Waals surface area contributed by atoms with Gasteiger partial charge in [0.1, 0.15) is 6.29 Å². The molecule has 76 valence electrons. The van der Waals surface area contributed by atoms with Gasteiger partial charge in [-0.25, -0.2) is 0 Å². The second-order valence-electron chi connectivity index (χ2n) is 4.53. The summed E-state index contributed by atoms with van der Waals surface area (Å²) in [5, 5.41) is 0. The lowest BCUT2D eigenvalue weighted by Crippen LogP contribution is -2.40. The van der Waals surface area contributed by atoms with Gasteiger partial charge in [0.05, 0.1) is 5.60 Å². The fourth-order valence-corrected chi connectivity index (χ4v) is 3.03. The average Bonchev–Trinajstić information content (AvgIpc) is 1.82. The monoisotopic (exact) mass is 200 g/mol. The maximum Gasteiger partial charge on any atom is 0.184 e. The zero-order valence-electron chi connectivity index (χ0n) is 9.09. The first-order chi connectivity index (χ1) is 5.83. The summed E-state index contributed by atoms with van der Waals surface area (Å²) in [6.07, 6.45) is 3.91. The van der Waals surface area contributed by atoms with Crippen molar-refractivity contribution in [1.82, 2.24) is 0 Å². The highest BCUT2D eigenvalue weighted by atomic mass is 28.4. The van der Waals surface area contributed by atoms with Crippen LogP contribution in [0.5, 0.6) is 0 Å². The molecule has 13 heavy (non-hydrogen) atoms. The minimum Gasteiger partial charge on any atom is -0.412 e. The van der Waals surface area contributed by atoms with Gasteiger partial charge in [0.2, 0.25) is 0 Å². The molecule has 0 heterocycles. The van der Waals surface area contributed by atoms with Crippen molar-refractivity contribution in [3.05, 3.63) is 12.7 Å². The first kappa shape index (κ1) is 12.6. The topological polar surface area (TPSA) is 26.3 Å². The molecule has 0 amide bonds. The van der Waals surface area contributed by atoms with E-state index in [0.29, 0.717) is 6.42 Å². The van der Waals surface area contributed by atoms with E-state index in [4.69, 9.17) is 4.43 Å². The molecule has 1 atom stereocenters. The highest BCUT2D eigenvalue weighted by molar-refractivity contribution is 6.69. The first-order valence-corrected chi connectivity index (χ1v) is 7.98. The SMILES string of the molecule is C=CCC(C)(CC=O)O[Si](C)(C)C. The van der Waals surface area contributed by atoms with Gasteiger partial charge in [0, 0.05) is 6.42 Å². The summed E-state index contributed by atoms with van der Waals surface area (Å²) in [4.78, 5) is 10.5. The first-order valence-electron chi connectivity index (χ1n) is 4.58. The van der Waals surface area contributed by atoms with Crippen LogP contribution in [0.15, 0.2) is 12.7 Å². The Balaban J connectivity index is 4.39. The Morgan fingerprint density at radius 1 is 1.38 bits per heavy atom. The molecule has 0 spiro atoms. The van der Waals surface area contributed by atoms with Crippen LogP contribution in [0.4, 0.5) is 0 Å². The Morgan fingerprint density at radius 3 is 2.23 bits per heavy atom. The molecule has 2 nitrogen and oxygen atoms in total. The predicted molar refractivity (Wildman–Crippen MR) is 58.3 cm³/mol. The van der Waals surface area contributed by atoms with Crippen LogP contribution in [0.25, 0.3) is 0 Å². The molecular formula is C10H20O2Si. The zero-order chi connectivity index (χ0) is 10.5. The Bertz CT molecular complexity index is 172. The van der Waals surface area contributed by atoms with Gasteiger partial charge >= 0.3 is 0 Å². The van der Waals surface area contributed by atoms with Crippen LogP contribution < -0.4 is 0 Å². The van der Waals surface area contributed by atoms with E-state index in [-0.39, 0.29) is 5.60 Å². The van der Waals surface area contributed by atoms with Crippen LogP contribution in [0.1, 0.15) is 19.8 Å². The molecule has 0 saturated carbocycles. The third-order valence-electron chi connectivity index (χ3n) is 1.64.